The van der Waals surface area contributed by atoms with Crippen LogP contribution in [0.5, 0.6) is 0 Å². The Hall–Kier alpha value is -2.61. The van der Waals surface area contributed by atoms with Gasteiger partial charge >= 0.3 is 6.18 Å². The summed E-state index contributed by atoms with van der Waals surface area (Å²) in [4.78, 5) is 13.4. The van der Waals surface area contributed by atoms with Gasteiger partial charge in [0.2, 0.25) is 0 Å². The average Bonchev–Trinajstić information content (AvgIpc) is 2.86. The Morgan fingerprint density at radius 1 is 1.00 bits per heavy atom. The SMILES string of the molecule is O=C(c1c(COC2CCCCO2)cc(SCc2ccccc2)cc1-c1ccccc1)C(F)(F)F. The highest BCUT2D eigenvalue weighted by atomic mass is 32.2. The van der Waals surface area contributed by atoms with Crippen LogP contribution in [0.25, 0.3) is 11.1 Å². The van der Waals surface area contributed by atoms with E-state index in [4.69, 9.17) is 9.47 Å². The van der Waals surface area contributed by atoms with Gasteiger partial charge in [0.1, 0.15) is 0 Å². The van der Waals surface area contributed by atoms with Crippen molar-refractivity contribution in [3.63, 3.8) is 0 Å². The van der Waals surface area contributed by atoms with Gasteiger partial charge in [0.15, 0.2) is 6.29 Å². The maximum Gasteiger partial charge on any atom is 0.454 e. The number of alkyl halides is 3. The molecule has 0 saturated carbocycles. The van der Waals surface area contributed by atoms with E-state index < -0.39 is 18.2 Å². The number of ether oxygens (including phenoxy) is 2. The van der Waals surface area contributed by atoms with Crippen LogP contribution in [-0.2, 0) is 21.8 Å². The summed E-state index contributed by atoms with van der Waals surface area (Å²) in [6, 6.07) is 21.8. The van der Waals surface area contributed by atoms with Crippen molar-refractivity contribution < 1.29 is 27.4 Å². The van der Waals surface area contributed by atoms with Crippen molar-refractivity contribution in [1.29, 1.82) is 0 Å². The van der Waals surface area contributed by atoms with Crippen LogP contribution < -0.4 is 0 Å². The second-order valence-electron chi connectivity index (χ2n) is 8.08. The molecule has 1 saturated heterocycles. The molecule has 0 aliphatic carbocycles. The lowest BCUT2D eigenvalue weighted by atomic mass is 9.92. The molecular weight excluding hydrogens is 461 g/mol. The summed E-state index contributed by atoms with van der Waals surface area (Å²) in [6.07, 6.45) is -2.94. The number of halogens is 3. The van der Waals surface area contributed by atoms with E-state index in [1.165, 1.54) is 11.8 Å². The fourth-order valence-corrected chi connectivity index (χ4v) is 4.84. The molecule has 3 nitrogen and oxygen atoms in total. The summed E-state index contributed by atoms with van der Waals surface area (Å²) in [7, 11) is 0. The van der Waals surface area contributed by atoms with Crippen LogP contribution in [-0.4, -0.2) is 24.9 Å². The lowest BCUT2D eigenvalue weighted by Gasteiger charge is -2.24. The molecule has 178 valence electrons. The Labute approximate surface area is 201 Å². The van der Waals surface area contributed by atoms with Crippen molar-refractivity contribution in [2.45, 2.75) is 49.0 Å². The van der Waals surface area contributed by atoms with Gasteiger partial charge in [-0.3, -0.25) is 4.79 Å². The molecule has 1 unspecified atom stereocenters. The number of thioether (sulfide) groups is 1. The number of hydrogen-bond donors (Lipinski definition) is 0. The zero-order valence-electron chi connectivity index (χ0n) is 18.5. The van der Waals surface area contributed by atoms with Gasteiger partial charge in [-0.2, -0.15) is 13.2 Å². The number of carbonyl (C=O) groups is 1. The number of hydrogen-bond acceptors (Lipinski definition) is 4. The van der Waals surface area contributed by atoms with Crippen molar-refractivity contribution in [1.82, 2.24) is 0 Å². The molecule has 0 bridgehead atoms. The predicted octanol–water partition coefficient (Wildman–Crippen LogP) is 7.43. The smallest absolute Gasteiger partial charge is 0.353 e. The monoisotopic (exact) mass is 486 g/mol. The molecule has 3 aromatic rings. The minimum absolute atomic E-state index is 0.138. The number of Topliss-reactive ketones (excluding diaryl/α,β-unsaturated/α-hetero) is 1. The normalized spacial score (nSPS) is 16.4. The highest BCUT2D eigenvalue weighted by Gasteiger charge is 2.42. The molecule has 1 aliphatic heterocycles. The molecule has 34 heavy (non-hydrogen) atoms. The molecule has 7 heteroatoms. The Kier molecular flexibility index (Phi) is 8.08. The van der Waals surface area contributed by atoms with Crippen LogP contribution in [0.2, 0.25) is 0 Å². The molecule has 4 rings (SSSR count). The van der Waals surface area contributed by atoms with Gasteiger partial charge in [-0.25, -0.2) is 0 Å². The van der Waals surface area contributed by atoms with Crippen molar-refractivity contribution in [3.8, 4) is 11.1 Å². The summed E-state index contributed by atoms with van der Waals surface area (Å²) in [5.74, 6) is -1.22. The van der Waals surface area contributed by atoms with Gasteiger partial charge in [-0.15, -0.1) is 11.8 Å². The highest BCUT2D eigenvalue weighted by Crippen LogP contribution is 2.37. The van der Waals surface area contributed by atoms with Crippen LogP contribution in [0.15, 0.2) is 77.7 Å². The van der Waals surface area contributed by atoms with E-state index in [9.17, 15) is 18.0 Å². The van der Waals surface area contributed by atoms with Gasteiger partial charge in [-0.1, -0.05) is 60.7 Å². The molecule has 1 atom stereocenters. The largest absolute Gasteiger partial charge is 0.454 e. The van der Waals surface area contributed by atoms with Crippen LogP contribution >= 0.6 is 11.8 Å². The maximum absolute atomic E-state index is 13.7. The lowest BCUT2D eigenvalue weighted by Crippen LogP contribution is -2.26. The van der Waals surface area contributed by atoms with Crippen molar-refractivity contribution >= 4 is 17.5 Å². The summed E-state index contributed by atoms with van der Waals surface area (Å²) in [5, 5.41) is 0. The summed E-state index contributed by atoms with van der Waals surface area (Å²) >= 11 is 1.51. The van der Waals surface area contributed by atoms with E-state index in [2.05, 4.69) is 0 Å². The second-order valence-corrected chi connectivity index (χ2v) is 9.13. The van der Waals surface area contributed by atoms with E-state index in [1.807, 2.05) is 30.3 Å². The highest BCUT2D eigenvalue weighted by molar-refractivity contribution is 7.98. The quantitative estimate of drug-likeness (QED) is 0.245. The number of carbonyl (C=O) groups excluding carboxylic acids is 1. The fourth-order valence-electron chi connectivity index (χ4n) is 3.89. The standard InChI is InChI=1S/C27H25F3O3S/c28-27(29,30)26(31)25-21(17-33-24-13-7-8-14-32-24)15-22(34-18-19-9-3-1-4-10-19)16-23(25)20-11-5-2-6-12-20/h1-6,9-12,15-16,24H,7-8,13-14,17-18H2. The minimum atomic E-state index is -5.00. The molecule has 1 fully saturated rings. The zero-order chi connectivity index (χ0) is 24.0. The molecule has 0 aromatic heterocycles. The molecule has 0 radical (unpaired) electrons. The Balaban J connectivity index is 1.74. The predicted molar refractivity (Wildman–Crippen MR) is 127 cm³/mol. The molecular formula is C27H25F3O3S. The maximum atomic E-state index is 13.7. The summed E-state index contributed by atoms with van der Waals surface area (Å²) < 4.78 is 52.4. The first kappa shape index (κ1) is 24.5. The Bertz CT molecular complexity index is 1100. The van der Waals surface area contributed by atoms with E-state index >= 15 is 0 Å². The van der Waals surface area contributed by atoms with E-state index in [0.29, 0.717) is 24.3 Å². The van der Waals surface area contributed by atoms with Crippen LogP contribution in [0.1, 0.15) is 40.7 Å². The first-order valence-electron chi connectivity index (χ1n) is 11.2. The zero-order valence-corrected chi connectivity index (χ0v) is 19.3. The molecule has 1 aliphatic rings. The first-order valence-corrected chi connectivity index (χ1v) is 12.1. The molecule has 0 spiro atoms. The molecule has 1 heterocycles. The van der Waals surface area contributed by atoms with Crippen LogP contribution in [0.4, 0.5) is 13.2 Å². The van der Waals surface area contributed by atoms with E-state index in [1.54, 1.807) is 42.5 Å². The number of ketones is 1. The summed E-state index contributed by atoms with van der Waals surface area (Å²) in [5.41, 5.74) is 1.75. The van der Waals surface area contributed by atoms with Crippen molar-refractivity contribution in [3.05, 3.63) is 89.5 Å². The Morgan fingerprint density at radius 2 is 1.71 bits per heavy atom. The van der Waals surface area contributed by atoms with Gasteiger partial charge in [0, 0.05) is 22.8 Å². The van der Waals surface area contributed by atoms with Gasteiger partial charge in [0.25, 0.3) is 5.78 Å². The lowest BCUT2D eigenvalue weighted by molar-refractivity contribution is -0.169. The van der Waals surface area contributed by atoms with E-state index in [0.717, 1.165) is 23.3 Å². The topological polar surface area (TPSA) is 35.5 Å². The summed E-state index contributed by atoms with van der Waals surface area (Å²) in [6.45, 7) is 0.419. The number of rotatable bonds is 8. The molecule has 0 amide bonds. The third kappa shape index (κ3) is 6.29. The third-order valence-corrected chi connectivity index (χ3v) is 6.62. The van der Waals surface area contributed by atoms with Crippen molar-refractivity contribution in [2.75, 3.05) is 6.61 Å². The molecule has 0 N–H and O–H groups in total. The Morgan fingerprint density at radius 3 is 2.35 bits per heavy atom. The van der Waals surface area contributed by atoms with Gasteiger partial charge in [-0.05, 0) is 53.6 Å². The average molecular weight is 487 g/mol. The van der Waals surface area contributed by atoms with Gasteiger partial charge in [0.05, 0.1) is 6.61 Å². The van der Waals surface area contributed by atoms with Crippen LogP contribution in [0, 0.1) is 0 Å². The number of benzene rings is 3. The fraction of sp³-hybridized carbons (Fsp3) is 0.296. The molecule has 3 aromatic carbocycles. The minimum Gasteiger partial charge on any atom is -0.353 e. The van der Waals surface area contributed by atoms with Crippen molar-refractivity contribution in [2.24, 2.45) is 0 Å². The van der Waals surface area contributed by atoms with Gasteiger partial charge < -0.3 is 9.47 Å². The van der Waals surface area contributed by atoms with E-state index in [-0.39, 0.29) is 23.3 Å². The third-order valence-electron chi connectivity index (χ3n) is 5.57. The first-order chi connectivity index (χ1) is 16.4. The van der Waals surface area contributed by atoms with Crippen LogP contribution in [0.3, 0.4) is 0 Å². The second kappa shape index (κ2) is 11.2.